The highest BCUT2D eigenvalue weighted by Gasteiger charge is 2.33. The van der Waals surface area contributed by atoms with Gasteiger partial charge in [0, 0.05) is 18.2 Å². The minimum atomic E-state index is -4.35. The molecule has 1 amide bonds. The van der Waals surface area contributed by atoms with Gasteiger partial charge in [0.2, 0.25) is 5.91 Å². The lowest BCUT2D eigenvalue weighted by atomic mass is 10.2. The molecule has 0 unspecified atom stereocenters. The van der Waals surface area contributed by atoms with Gasteiger partial charge in [-0.05, 0) is 18.9 Å². The maximum Gasteiger partial charge on any atom is 0.401 e. The van der Waals surface area contributed by atoms with Crippen LogP contribution in [0.25, 0.3) is 0 Å². The van der Waals surface area contributed by atoms with Crippen molar-refractivity contribution in [3.05, 3.63) is 35.6 Å². The normalized spacial score (nSPS) is 15.0. The molecule has 0 spiro atoms. The highest BCUT2D eigenvalue weighted by molar-refractivity contribution is 5.79. The van der Waals surface area contributed by atoms with Crippen molar-refractivity contribution in [3.8, 4) is 0 Å². The number of benzene rings is 1. The van der Waals surface area contributed by atoms with Crippen LogP contribution in [-0.4, -0.2) is 36.1 Å². The Balaban J connectivity index is 1.93. The Bertz CT molecular complexity index is 500. The van der Waals surface area contributed by atoms with Crippen LogP contribution in [0.5, 0.6) is 0 Å². The highest BCUT2D eigenvalue weighted by atomic mass is 19.4. The van der Waals surface area contributed by atoms with Crippen molar-refractivity contribution in [1.29, 1.82) is 0 Å². The molecule has 1 aromatic carbocycles. The van der Waals surface area contributed by atoms with E-state index >= 15 is 0 Å². The van der Waals surface area contributed by atoms with Gasteiger partial charge in [-0.15, -0.1) is 0 Å². The summed E-state index contributed by atoms with van der Waals surface area (Å²) in [6.07, 6.45) is -2.74. The Morgan fingerprint density at radius 2 is 1.95 bits per heavy atom. The standard InChI is InChI=1S/C14H16F4N2O/c15-12-4-2-1-3-10(12)8-20(11-5-6-11)13(21)7-19-9-14(16,17)18/h1-4,11,19H,5-9H2. The van der Waals surface area contributed by atoms with Crippen molar-refractivity contribution in [2.75, 3.05) is 13.1 Å². The van der Waals surface area contributed by atoms with Crippen LogP contribution in [0.4, 0.5) is 17.6 Å². The molecule has 3 nitrogen and oxygen atoms in total. The second kappa shape index (κ2) is 6.43. The predicted molar refractivity (Wildman–Crippen MR) is 68.9 cm³/mol. The third-order valence-electron chi connectivity index (χ3n) is 3.21. The molecule has 116 valence electrons. The number of carbonyl (C=O) groups excluding carboxylic acids is 1. The van der Waals surface area contributed by atoms with Gasteiger partial charge < -0.3 is 10.2 Å². The molecule has 21 heavy (non-hydrogen) atoms. The van der Waals surface area contributed by atoms with Crippen LogP contribution in [0.1, 0.15) is 18.4 Å². The summed E-state index contributed by atoms with van der Waals surface area (Å²) in [6, 6.07) is 6.08. The molecule has 0 heterocycles. The average Bonchev–Trinajstić information content (AvgIpc) is 3.20. The Labute approximate surface area is 119 Å². The van der Waals surface area contributed by atoms with E-state index in [2.05, 4.69) is 5.32 Å². The lowest BCUT2D eigenvalue weighted by Crippen LogP contribution is -2.41. The Hall–Kier alpha value is -1.63. The first-order chi connectivity index (χ1) is 9.87. The van der Waals surface area contributed by atoms with E-state index in [1.54, 1.807) is 18.2 Å². The molecule has 0 atom stereocenters. The molecule has 2 rings (SSSR count). The van der Waals surface area contributed by atoms with Crippen LogP contribution in [0.2, 0.25) is 0 Å². The number of hydrogen-bond acceptors (Lipinski definition) is 2. The molecule has 1 aliphatic carbocycles. The van der Waals surface area contributed by atoms with Gasteiger partial charge in [-0.1, -0.05) is 18.2 Å². The van der Waals surface area contributed by atoms with Gasteiger partial charge in [-0.25, -0.2) is 4.39 Å². The molecule has 0 bridgehead atoms. The monoisotopic (exact) mass is 304 g/mol. The quantitative estimate of drug-likeness (QED) is 0.819. The molecular weight excluding hydrogens is 288 g/mol. The summed E-state index contributed by atoms with van der Waals surface area (Å²) in [6.45, 7) is -1.52. The summed E-state index contributed by atoms with van der Waals surface area (Å²) in [4.78, 5) is 13.4. The molecule has 7 heteroatoms. The van der Waals surface area contributed by atoms with E-state index in [1.807, 2.05) is 0 Å². The first kappa shape index (κ1) is 15.8. The predicted octanol–water partition coefficient (Wildman–Crippen LogP) is 2.47. The number of rotatable bonds is 6. The van der Waals surface area contributed by atoms with Gasteiger partial charge >= 0.3 is 6.18 Å². The molecule has 0 aromatic heterocycles. The first-order valence-corrected chi connectivity index (χ1v) is 6.67. The molecule has 0 saturated heterocycles. The second-order valence-corrected chi connectivity index (χ2v) is 5.06. The van der Waals surface area contributed by atoms with E-state index in [1.165, 1.54) is 11.0 Å². The zero-order chi connectivity index (χ0) is 15.5. The van der Waals surface area contributed by atoms with Crippen molar-refractivity contribution < 1.29 is 22.4 Å². The molecule has 0 aliphatic heterocycles. The first-order valence-electron chi connectivity index (χ1n) is 6.67. The minimum absolute atomic E-state index is 0.00444. The van der Waals surface area contributed by atoms with Crippen molar-refractivity contribution in [1.82, 2.24) is 10.2 Å². The second-order valence-electron chi connectivity index (χ2n) is 5.06. The molecule has 1 fully saturated rings. The summed E-state index contributed by atoms with van der Waals surface area (Å²) in [5.74, 6) is -0.857. The minimum Gasteiger partial charge on any atom is -0.334 e. The highest BCUT2D eigenvalue weighted by Crippen LogP contribution is 2.28. The summed E-state index contributed by atoms with van der Waals surface area (Å²) < 4.78 is 49.7. The average molecular weight is 304 g/mol. The Morgan fingerprint density at radius 3 is 2.52 bits per heavy atom. The van der Waals surface area contributed by atoms with Gasteiger partial charge in [-0.2, -0.15) is 13.2 Å². The van der Waals surface area contributed by atoms with Crippen molar-refractivity contribution in [2.45, 2.75) is 31.6 Å². The Kier molecular flexibility index (Phi) is 4.82. The van der Waals surface area contributed by atoms with Crippen LogP contribution in [0, 0.1) is 5.82 Å². The van der Waals surface area contributed by atoms with Crippen LogP contribution in [-0.2, 0) is 11.3 Å². The van der Waals surface area contributed by atoms with Crippen LogP contribution < -0.4 is 5.32 Å². The largest absolute Gasteiger partial charge is 0.401 e. The lowest BCUT2D eigenvalue weighted by Gasteiger charge is -2.23. The molecule has 1 aliphatic rings. The van der Waals surface area contributed by atoms with Crippen molar-refractivity contribution in [2.24, 2.45) is 0 Å². The SMILES string of the molecule is O=C(CNCC(F)(F)F)N(Cc1ccccc1F)C1CC1. The summed E-state index contributed by atoms with van der Waals surface area (Å²) in [7, 11) is 0. The number of halogens is 4. The molecule has 0 radical (unpaired) electrons. The molecule has 1 aromatic rings. The van der Waals surface area contributed by atoms with E-state index in [0.29, 0.717) is 5.56 Å². The maximum atomic E-state index is 13.6. The van der Waals surface area contributed by atoms with Gasteiger partial charge in [0.25, 0.3) is 0 Å². The zero-order valence-electron chi connectivity index (χ0n) is 11.3. The van der Waals surface area contributed by atoms with Crippen LogP contribution >= 0.6 is 0 Å². The van der Waals surface area contributed by atoms with Gasteiger partial charge in [-0.3, -0.25) is 4.79 Å². The molecule has 1 saturated carbocycles. The Morgan fingerprint density at radius 1 is 1.29 bits per heavy atom. The van der Waals surface area contributed by atoms with Crippen molar-refractivity contribution >= 4 is 5.91 Å². The van der Waals surface area contributed by atoms with Crippen LogP contribution in [0.15, 0.2) is 24.3 Å². The third-order valence-corrected chi connectivity index (χ3v) is 3.21. The van der Waals surface area contributed by atoms with Gasteiger partial charge in [0.1, 0.15) is 5.82 Å². The van der Waals surface area contributed by atoms with Gasteiger partial charge in [0.15, 0.2) is 0 Å². The summed E-state index contributed by atoms with van der Waals surface area (Å²) >= 11 is 0. The van der Waals surface area contributed by atoms with E-state index < -0.39 is 31.0 Å². The topological polar surface area (TPSA) is 32.3 Å². The number of nitrogens with one attached hydrogen (secondary N) is 1. The number of amides is 1. The fraction of sp³-hybridized carbons (Fsp3) is 0.500. The number of hydrogen-bond donors (Lipinski definition) is 1. The number of carbonyl (C=O) groups is 1. The summed E-state index contributed by atoms with van der Waals surface area (Å²) in [5, 5.41) is 2.08. The lowest BCUT2D eigenvalue weighted by molar-refractivity contribution is -0.135. The smallest absolute Gasteiger partial charge is 0.334 e. The number of nitrogens with zero attached hydrogens (tertiary/aromatic N) is 1. The fourth-order valence-electron chi connectivity index (χ4n) is 2.03. The third kappa shape index (κ3) is 5.00. The van der Waals surface area contributed by atoms with E-state index in [4.69, 9.17) is 0 Å². The summed E-state index contributed by atoms with van der Waals surface area (Å²) in [5.41, 5.74) is 0.369. The fourth-order valence-corrected chi connectivity index (χ4v) is 2.03. The van der Waals surface area contributed by atoms with E-state index in [9.17, 15) is 22.4 Å². The molecule has 1 N–H and O–H groups in total. The van der Waals surface area contributed by atoms with E-state index in [-0.39, 0.29) is 12.6 Å². The zero-order valence-corrected chi connectivity index (χ0v) is 11.3. The van der Waals surface area contributed by atoms with Crippen molar-refractivity contribution in [3.63, 3.8) is 0 Å². The van der Waals surface area contributed by atoms with E-state index in [0.717, 1.165) is 12.8 Å². The number of alkyl halides is 3. The van der Waals surface area contributed by atoms with Gasteiger partial charge in [0.05, 0.1) is 13.1 Å². The van der Waals surface area contributed by atoms with Crippen LogP contribution in [0.3, 0.4) is 0 Å². The maximum absolute atomic E-state index is 13.6. The molecular formula is C14H16F4N2O.